The van der Waals surface area contributed by atoms with E-state index >= 15 is 0 Å². The van der Waals surface area contributed by atoms with Crippen LogP contribution in [0.1, 0.15) is 16.1 Å². The Morgan fingerprint density at radius 3 is 2.95 bits per heavy atom. The molecule has 1 amide bonds. The Morgan fingerprint density at radius 1 is 1.42 bits per heavy atom. The molecule has 5 heteroatoms. The van der Waals surface area contributed by atoms with E-state index in [4.69, 9.17) is 16.3 Å². The smallest absolute Gasteiger partial charge is 0.267 e. The van der Waals surface area contributed by atoms with Crippen molar-refractivity contribution in [2.45, 2.75) is 6.92 Å². The van der Waals surface area contributed by atoms with Gasteiger partial charge in [-0.1, -0.05) is 23.7 Å². The van der Waals surface area contributed by atoms with Crippen LogP contribution in [0.25, 0.3) is 0 Å². The molecule has 1 aromatic heterocycles. The molecule has 0 aliphatic carbocycles. The second-order valence-electron chi connectivity index (χ2n) is 4.15. The number of benzene rings is 1. The lowest BCUT2D eigenvalue weighted by Crippen LogP contribution is -2.28. The third-order valence-corrected chi connectivity index (χ3v) is 2.76. The van der Waals surface area contributed by atoms with Crippen molar-refractivity contribution in [1.82, 2.24) is 10.3 Å². The van der Waals surface area contributed by atoms with Gasteiger partial charge in [0.15, 0.2) is 0 Å². The molecule has 100 valence electrons. The highest BCUT2D eigenvalue weighted by Crippen LogP contribution is 2.12. The van der Waals surface area contributed by atoms with Crippen molar-refractivity contribution in [1.29, 1.82) is 0 Å². The third-order valence-electron chi connectivity index (χ3n) is 2.54. The topological polar surface area (TPSA) is 54.1 Å². The minimum absolute atomic E-state index is 0.195. The first-order chi connectivity index (χ1) is 9.15. The van der Waals surface area contributed by atoms with Crippen LogP contribution in [0.4, 0.5) is 0 Å². The monoisotopic (exact) mass is 278 g/mol. The molecule has 2 N–H and O–H groups in total. The summed E-state index contributed by atoms with van der Waals surface area (Å²) in [6, 6.07) is 9.36. The van der Waals surface area contributed by atoms with Crippen LogP contribution >= 0.6 is 11.6 Å². The molecule has 19 heavy (non-hydrogen) atoms. The lowest BCUT2D eigenvalue weighted by Gasteiger charge is -2.07. The maximum atomic E-state index is 11.7. The zero-order chi connectivity index (χ0) is 13.7. The van der Waals surface area contributed by atoms with Crippen molar-refractivity contribution in [2.24, 2.45) is 0 Å². The van der Waals surface area contributed by atoms with Crippen LogP contribution in [-0.4, -0.2) is 24.0 Å². The summed E-state index contributed by atoms with van der Waals surface area (Å²) in [5.41, 5.74) is 1.59. The average molecular weight is 279 g/mol. The molecule has 1 heterocycles. The van der Waals surface area contributed by atoms with E-state index in [1.807, 2.05) is 31.2 Å². The largest absolute Gasteiger partial charge is 0.492 e. The summed E-state index contributed by atoms with van der Waals surface area (Å²) in [7, 11) is 0. The molecule has 2 rings (SSSR count). The predicted molar refractivity (Wildman–Crippen MR) is 74.8 cm³/mol. The zero-order valence-electron chi connectivity index (χ0n) is 10.6. The summed E-state index contributed by atoms with van der Waals surface area (Å²) >= 11 is 5.72. The van der Waals surface area contributed by atoms with Gasteiger partial charge in [0.05, 0.1) is 11.6 Å². The molecule has 0 saturated heterocycles. The van der Waals surface area contributed by atoms with E-state index in [0.717, 1.165) is 11.3 Å². The Bertz CT molecular complexity index is 566. The standard InChI is InChI=1S/C14H15ClN2O2/c1-10-3-2-4-12(7-10)19-6-5-16-14(18)13-8-11(15)9-17-13/h2-4,7-9,17H,5-6H2,1H3,(H,16,18). The molecule has 2 aromatic rings. The van der Waals surface area contributed by atoms with Crippen LogP contribution in [0.2, 0.25) is 5.02 Å². The Labute approximate surface area is 116 Å². The van der Waals surface area contributed by atoms with E-state index in [1.165, 1.54) is 0 Å². The van der Waals surface area contributed by atoms with Crippen molar-refractivity contribution in [2.75, 3.05) is 13.2 Å². The Kier molecular flexibility index (Phi) is 4.47. The summed E-state index contributed by atoms with van der Waals surface area (Å²) < 4.78 is 5.53. The SMILES string of the molecule is Cc1cccc(OCCNC(=O)c2cc(Cl)c[nH]2)c1. The Morgan fingerprint density at radius 2 is 2.26 bits per heavy atom. The molecular formula is C14H15ClN2O2. The van der Waals surface area contributed by atoms with E-state index < -0.39 is 0 Å². The van der Waals surface area contributed by atoms with Gasteiger partial charge >= 0.3 is 0 Å². The molecule has 1 aromatic carbocycles. The highest BCUT2D eigenvalue weighted by Gasteiger charge is 2.06. The second kappa shape index (κ2) is 6.29. The van der Waals surface area contributed by atoms with Gasteiger partial charge in [0.25, 0.3) is 5.91 Å². The minimum Gasteiger partial charge on any atom is -0.492 e. The molecule has 0 aliphatic heterocycles. The first-order valence-corrected chi connectivity index (χ1v) is 6.34. The van der Waals surface area contributed by atoms with E-state index in [1.54, 1.807) is 12.3 Å². The fourth-order valence-electron chi connectivity index (χ4n) is 1.63. The van der Waals surface area contributed by atoms with Gasteiger partial charge in [-0.25, -0.2) is 0 Å². The van der Waals surface area contributed by atoms with Gasteiger partial charge in [0.1, 0.15) is 18.1 Å². The zero-order valence-corrected chi connectivity index (χ0v) is 11.3. The van der Waals surface area contributed by atoms with E-state index in [2.05, 4.69) is 10.3 Å². The van der Waals surface area contributed by atoms with Gasteiger partial charge in [-0.3, -0.25) is 4.79 Å². The van der Waals surface area contributed by atoms with Crippen molar-refractivity contribution in [3.8, 4) is 5.75 Å². The highest BCUT2D eigenvalue weighted by atomic mass is 35.5. The predicted octanol–water partition coefficient (Wildman–Crippen LogP) is 2.79. The molecule has 0 bridgehead atoms. The third kappa shape index (κ3) is 4.03. The number of rotatable bonds is 5. The lowest BCUT2D eigenvalue weighted by atomic mass is 10.2. The fourth-order valence-corrected chi connectivity index (χ4v) is 1.80. The van der Waals surface area contributed by atoms with Crippen LogP contribution in [0, 0.1) is 6.92 Å². The number of aromatic amines is 1. The molecule has 0 spiro atoms. The van der Waals surface area contributed by atoms with Gasteiger partial charge in [-0.05, 0) is 30.7 Å². The van der Waals surface area contributed by atoms with Gasteiger partial charge in [-0.2, -0.15) is 0 Å². The summed E-state index contributed by atoms with van der Waals surface area (Å²) in [4.78, 5) is 14.5. The first kappa shape index (κ1) is 13.5. The molecule has 0 fully saturated rings. The number of aryl methyl sites for hydroxylation is 1. The summed E-state index contributed by atoms with van der Waals surface area (Å²) in [5, 5.41) is 3.26. The number of halogens is 1. The number of ether oxygens (including phenoxy) is 1. The number of hydrogen-bond acceptors (Lipinski definition) is 2. The summed E-state index contributed by atoms with van der Waals surface area (Å²) in [5.74, 6) is 0.608. The molecular weight excluding hydrogens is 264 g/mol. The minimum atomic E-state index is -0.195. The van der Waals surface area contributed by atoms with Gasteiger partial charge in [0, 0.05) is 6.20 Å². The molecule has 0 atom stereocenters. The van der Waals surface area contributed by atoms with E-state index in [0.29, 0.717) is 23.9 Å². The van der Waals surface area contributed by atoms with Crippen molar-refractivity contribution in [3.63, 3.8) is 0 Å². The summed E-state index contributed by atoms with van der Waals surface area (Å²) in [6.07, 6.45) is 1.57. The van der Waals surface area contributed by atoms with Crippen molar-refractivity contribution in [3.05, 3.63) is 52.8 Å². The maximum Gasteiger partial charge on any atom is 0.267 e. The number of carbonyl (C=O) groups excluding carboxylic acids is 1. The van der Waals surface area contributed by atoms with E-state index in [9.17, 15) is 4.79 Å². The normalized spacial score (nSPS) is 10.2. The van der Waals surface area contributed by atoms with Crippen LogP contribution in [0.15, 0.2) is 36.5 Å². The molecule has 4 nitrogen and oxygen atoms in total. The quantitative estimate of drug-likeness (QED) is 0.827. The second-order valence-corrected chi connectivity index (χ2v) is 4.59. The number of aromatic nitrogens is 1. The van der Waals surface area contributed by atoms with E-state index in [-0.39, 0.29) is 5.91 Å². The number of H-pyrrole nitrogens is 1. The van der Waals surface area contributed by atoms with Crippen LogP contribution < -0.4 is 10.1 Å². The first-order valence-electron chi connectivity index (χ1n) is 5.97. The van der Waals surface area contributed by atoms with Crippen LogP contribution in [0.3, 0.4) is 0 Å². The lowest BCUT2D eigenvalue weighted by molar-refractivity contribution is 0.0942. The van der Waals surface area contributed by atoms with Gasteiger partial charge < -0.3 is 15.0 Å². The molecule has 0 radical (unpaired) electrons. The molecule has 0 unspecified atom stereocenters. The highest BCUT2D eigenvalue weighted by molar-refractivity contribution is 6.30. The summed E-state index contributed by atoms with van der Waals surface area (Å²) in [6.45, 7) is 2.86. The Balaban J connectivity index is 1.74. The molecule has 0 aliphatic rings. The van der Waals surface area contributed by atoms with Crippen molar-refractivity contribution >= 4 is 17.5 Å². The number of nitrogens with one attached hydrogen (secondary N) is 2. The molecule has 0 saturated carbocycles. The van der Waals surface area contributed by atoms with Crippen LogP contribution in [0.5, 0.6) is 5.75 Å². The maximum absolute atomic E-state index is 11.7. The fraction of sp³-hybridized carbons (Fsp3) is 0.214. The number of hydrogen-bond donors (Lipinski definition) is 2. The van der Waals surface area contributed by atoms with Gasteiger partial charge in [-0.15, -0.1) is 0 Å². The number of carbonyl (C=O) groups is 1. The van der Waals surface area contributed by atoms with Crippen molar-refractivity contribution < 1.29 is 9.53 Å². The Hall–Kier alpha value is -1.94. The van der Waals surface area contributed by atoms with Gasteiger partial charge in [0.2, 0.25) is 0 Å². The number of amides is 1. The average Bonchev–Trinajstić information content (AvgIpc) is 2.81. The van der Waals surface area contributed by atoms with Crippen LogP contribution in [-0.2, 0) is 0 Å².